The number of hydrogen-bond acceptors (Lipinski definition) is 6. The minimum Gasteiger partial charge on any atom is -0.462 e. The number of ether oxygens (including phenoxy) is 2. The molecule has 1 aliphatic rings. The summed E-state index contributed by atoms with van der Waals surface area (Å²) in [6.07, 6.45) is 2.98. The fourth-order valence-corrected chi connectivity index (χ4v) is 3.34. The number of nitrogens with zero attached hydrogens (tertiary/aromatic N) is 2. The summed E-state index contributed by atoms with van der Waals surface area (Å²) >= 11 is 0. The van der Waals surface area contributed by atoms with Crippen LogP contribution in [0.25, 0.3) is 11.0 Å². The summed E-state index contributed by atoms with van der Waals surface area (Å²) in [5.41, 5.74) is 1.21. The Kier molecular flexibility index (Phi) is 5.49. The highest BCUT2D eigenvalue weighted by atomic mass is 16.6. The molecule has 1 saturated heterocycles. The van der Waals surface area contributed by atoms with E-state index >= 15 is 0 Å². The lowest BCUT2D eigenvalue weighted by Crippen LogP contribution is -2.36. The van der Waals surface area contributed by atoms with Crippen LogP contribution in [0.2, 0.25) is 0 Å². The molecule has 0 spiro atoms. The average molecular weight is 388 g/mol. The van der Waals surface area contributed by atoms with Crippen LogP contribution in [-0.4, -0.2) is 58.3 Å². The molecule has 1 aliphatic heterocycles. The number of carbonyl (C=O) groups is 2. The van der Waals surface area contributed by atoms with E-state index in [0.29, 0.717) is 30.0 Å². The van der Waals surface area contributed by atoms with E-state index in [1.165, 1.54) is 6.20 Å². The van der Waals surface area contributed by atoms with Crippen molar-refractivity contribution in [2.45, 2.75) is 46.3 Å². The monoisotopic (exact) mass is 388 g/mol. The summed E-state index contributed by atoms with van der Waals surface area (Å²) in [7, 11) is 0. The molecule has 2 aromatic rings. The van der Waals surface area contributed by atoms with Gasteiger partial charge in [-0.05, 0) is 39.7 Å². The van der Waals surface area contributed by atoms with Crippen molar-refractivity contribution in [1.29, 1.82) is 0 Å². The van der Waals surface area contributed by atoms with Gasteiger partial charge in [0.25, 0.3) is 0 Å². The maximum absolute atomic E-state index is 12.4. The lowest BCUT2D eigenvalue weighted by molar-refractivity contribution is 0.0288. The molecule has 1 amide bonds. The molecule has 152 valence electrons. The van der Waals surface area contributed by atoms with Gasteiger partial charge in [0, 0.05) is 36.9 Å². The number of aromatic nitrogens is 2. The van der Waals surface area contributed by atoms with Crippen molar-refractivity contribution in [1.82, 2.24) is 14.9 Å². The number of anilines is 1. The average Bonchev–Trinajstić information content (AvgIpc) is 3.21. The van der Waals surface area contributed by atoms with Crippen LogP contribution in [0.15, 0.2) is 18.5 Å². The highest BCUT2D eigenvalue weighted by Gasteiger charge is 2.35. The van der Waals surface area contributed by atoms with Crippen LogP contribution >= 0.6 is 0 Å². The fourth-order valence-electron chi connectivity index (χ4n) is 3.34. The summed E-state index contributed by atoms with van der Waals surface area (Å²) < 4.78 is 10.7. The van der Waals surface area contributed by atoms with Crippen LogP contribution in [0.3, 0.4) is 0 Å². The number of amides is 1. The number of fused-ring (bicyclic) bond motifs is 1. The van der Waals surface area contributed by atoms with E-state index in [0.717, 1.165) is 5.39 Å². The number of aromatic amines is 1. The van der Waals surface area contributed by atoms with Crippen LogP contribution in [-0.2, 0) is 9.47 Å². The first-order valence-electron chi connectivity index (χ1n) is 9.57. The molecule has 2 N–H and O–H groups in total. The minimum atomic E-state index is -0.536. The Bertz CT molecular complexity index is 871. The van der Waals surface area contributed by atoms with Gasteiger partial charge in [-0.1, -0.05) is 6.92 Å². The first-order valence-corrected chi connectivity index (χ1v) is 9.57. The molecule has 0 bridgehead atoms. The number of rotatable bonds is 4. The van der Waals surface area contributed by atoms with Gasteiger partial charge in [-0.15, -0.1) is 0 Å². The maximum atomic E-state index is 12.4. The zero-order chi connectivity index (χ0) is 20.5. The zero-order valence-electron chi connectivity index (χ0n) is 17.0. The van der Waals surface area contributed by atoms with Gasteiger partial charge in [-0.3, -0.25) is 0 Å². The molecule has 8 heteroatoms. The molecule has 0 aromatic carbocycles. The largest absolute Gasteiger partial charge is 0.462 e. The Morgan fingerprint density at radius 2 is 2.11 bits per heavy atom. The zero-order valence-corrected chi connectivity index (χ0v) is 17.0. The quantitative estimate of drug-likeness (QED) is 0.779. The first-order chi connectivity index (χ1) is 13.2. The van der Waals surface area contributed by atoms with Crippen molar-refractivity contribution in [3.8, 4) is 0 Å². The normalized spacial score (nSPS) is 19.7. The Morgan fingerprint density at radius 3 is 2.79 bits per heavy atom. The van der Waals surface area contributed by atoms with Crippen LogP contribution in [0.4, 0.5) is 10.5 Å². The van der Waals surface area contributed by atoms with Crippen molar-refractivity contribution in [2.75, 3.05) is 25.0 Å². The van der Waals surface area contributed by atoms with Gasteiger partial charge in [0.2, 0.25) is 0 Å². The molecular weight excluding hydrogens is 360 g/mol. The lowest BCUT2D eigenvalue weighted by atomic mass is 10.0. The molecule has 3 rings (SSSR count). The number of carbonyl (C=O) groups excluding carboxylic acids is 2. The highest BCUT2D eigenvalue weighted by molar-refractivity contribution is 6.04. The van der Waals surface area contributed by atoms with E-state index in [1.54, 1.807) is 18.0 Å². The summed E-state index contributed by atoms with van der Waals surface area (Å²) in [5, 5.41) is 4.28. The minimum absolute atomic E-state index is 0.0267. The molecule has 1 fully saturated rings. The van der Waals surface area contributed by atoms with Crippen LogP contribution in [0.5, 0.6) is 0 Å². The molecule has 0 saturated carbocycles. The molecule has 8 nitrogen and oxygen atoms in total. The third-order valence-corrected chi connectivity index (χ3v) is 4.68. The number of likely N-dealkylation sites (tertiary alicyclic amines) is 1. The standard InChI is InChI=1S/C20H28N4O4/c1-6-27-18(25)14-9-22-17-13(7-8-21-17)16(14)23-15-11-24(10-12(15)2)19(26)28-20(3,4)5/h7-9,12,15H,6,10-11H2,1-5H3,(H2,21,22,23)/t12-,15-/m0/s1. The van der Waals surface area contributed by atoms with Crippen LogP contribution in [0, 0.1) is 5.92 Å². The number of hydrogen-bond donors (Lipinski definition) is 2. The van der Waals surface area contributed by atoms with E-state index in [9.17, 15) is 9.59 Å². The van der Waals surface area contributed by atoms with E-state index in [2.05, 4.69) is 22.2 Å². The Hall–Kier alpha value is -2.77. The van der Waals surface area contributed by atoms with E-state index in [-0.39, 0.29) is 24.7 Å². The second-order valence-corrected chi connectivity index (χ2v) is 8.12. The van der Waals surface area contributed by atoms with E-state index < -0.39 is 11.6 Å². The van der Waals surface area contributed by atoms with Gasteiger partial charge in [0.15, 0.2) is 0 Å². The number of H-pyrrole nitrogens is 1. The molecule has 0 radical (unpaired) electrons. The summed E-state index contributed by atoms with van der Waals surface area (Å²) in [6, 6.07) is 1.85. The second-order valence-electron chi connectivity index (χ2n) is 8.12. The van der Waals surface area contributed by atoms with E-state index in [1.807, 2.05) is 26.8 Å². The molecule has 2 atom stereocenters. The number of pyridine rings is 1. The topological polar surface area (TPSA) is 96.5 Å². The molecular formula is C20H28N4O4. The lowest BCUT2D eigenvalue weighted by Gasteiger charge is -2.24. The molecule has 0 aliphatic carbocycles. The van der Waals surface area contributed by atoms with Crippen molar-refractivity contribution < 1.29 is 19.1 Å². The number of nitrogens with one attached hydrogen (secondary N) is 2. The molecule has 3 heterocycles. The predicted octanol–water partition coefficient (Wildman–Crippen LogP) is 3.41. The summed E-state index contributed by atoms with van der Waals surface area (Å²) in [6.45, 7) is 10.8. The maximum Gasteiger partial charge on any atom is 0.410 e. The van der Waals surface area contributed by atoms with Crippen LogP contribution in [0.1, 0.15) is 45.0 Å². The van der Waals surface area contributed by atoms with Gasteiger partial charge in [-0.25, -0.2) is 14.6 Å². The van der Waals surface area contributed by atoms with Crippen molar-refractivity contribution in [3.63, 3.8) is 0 Å². The van der Waals surface area contributed by atoms with Crippen molar-refractivity contribution >= 4 is 28.8 Å². The van der Waals surface area contributed by atoms with Gasteiger partial charge in [0.1, 0.15) is 16.8 Å². The van der Waals surface area contributed by atoms with Crippen molar-refractivity contribution in [3.05, 3.63) is 24.0 Å². The Morgan fingerprint density at radius 1 is 1.36 bits per heavy atom. The smallest absolute Gasteiger partial charge is 0.410 e. The van der Waals surface area contributed by atoms with Gasteiger partial charge in [-0.2, -0.15) is 0 Å². The fraction of sp³-hybridized carbons (Fsp3) is 0.550. The second kappa shape index (κ2) is 7.69. The third-order valence-electron chi connectivity index (χ3n) is 4.68. The van der Waals surface area contributed by atoms with Crippen molar-refractivity contribution in [2.24, 2.45) is 5.92 Å². The van der Waals surface area contributed by atoms with Gasteiger partial charge in [0.05, 0.1) is 12.3 Å². The first kappa shape index (κ1) is 20.0. The molecule has 0 unspecified atom stereocenters. The SMILES string of the molecule is CCOC(=O)c1cnc2[nH]ccc2c1N[C@H]1CN(C(=O)OC(C)(C)C)C[C@@H]1C. The van der Waals surface area contributed by atoms with Gasteiger partial charge >= 0.3 is 12.1 Å². The van der Waals surface area contributed by atoms with Crippen LogP contribution < -0.4 is 5.32 Å². The predicted molar refractivity (Wildman–Crippen MR) is 106 cm³/mol. The summed E-state index contributed by atoms with van der Waals surface area (Å²) in [4.78, 5) is 33.9. The number of esters is 1. The van der Waals surface area contributed by atoms with E-state index in [4.69, 9.17) is 9.47 Å². The molecule has 28 heavy (non-hydrogen) atoms. The Balaban J connectivity index is 1.84. The summed E-state index contributed by atoms with van der Waals surface area (Å²) in [5.74, 6) is -0.236. The third kappa shape index (κ3) is 4.21. The Labute approximate surface area is 164 Å². The molecule has 2 aromatic heterocycles. The van der Waals surface area contributed by atoms with Gasteiger partial charge < -0.3 is 24.7 Å². The highest BCUT2D eigenvalue weighted by Crippen LogP contribution is 2.30.